The smallest absolute Gasteiger partial charge is 0.238 e. The van der Waals surface area contributed by atoms with Crippen LogP contribution in [0.5, 0.6) is 5.75 Å². The average Bonchev–Trinajstić information content (AvgIpc) is 2.54. The van der Waals surface area contributed by atoms with Gasteiger partial charge in [-0.05, 0) is 49.4 Å². The first-order chi connectivity index (χ1) is 11.4. The van der Waals surface area contributed by atoms with Gasteiger partial charge >= 0.3 is 0 Å². The normalized spacial score (nSPS) is 11.1. The van der Waals surface area contributed by atoms with Crippen molar-refractivity contribution in [2.24, 2.45) is 5.14 Å². The first kappa shape index (κ1) is 18.3. The summed E-state index contributed by atoms with van der Waals surface area (Å²) in [6.45, 7) is 2.52. The lowest BCUT2D eigenvalue weighted by Gasteiger charge is -2.07. The number of ether oxygens (including phenoxy) is 1. The molecule has 2 rings (SSSR count). The van der Waals surface area contributed by atoms with Crippen LogP contribution >= 0.6 is 11.8 Å². The second kappa shape index (κ2) is 8.18. The highest BCUT2D eigenvalue weighted by Gasteiger charge is 2.09. The van der Waals surface area contributed by atoms with Gasteiger partial charge in [-0.15, -0.1) is 11.8 Å². The molecule has 0 fully saturated rings. The summed E-state index contributed by atoms with van der Waals surface area (Å²) >= 11 is 1.37. The third-order valence-corrected chi connectivity index (χ3v) is 4.87. The van der Waals surface area contributed by atoms with Crippen LogP contribution in [0, 0.1) is 0 Å². The van der Waals surface area contributed by atoms with E-state index in [0.29, 0.717) is 12.3 Å². The van der Waals surface area contributed by atoms with E-state index in [1.807, 2.05) is 31.2 Å². The third kappa shape index (κ3) is 5.55. The fraction of sp³-hybridized carbons (Fsp3) is 0.188. The third-order valence-electron chi connectivity index (χ3n) is 2.95. The zero-order valence-corrected chi connectivity index (χ0v) is 14.7. The lowest BCUT2D eigenvalue weighted by atomic mass is 10.3. The van der Waals surface area contributed by atoms with Crippen LogP contribution in [-0.2, 0) is 14.8 Å². The van der Waals surface area contributed by atoms with E-state index in [4.69, 9.17) is 9.88 Å². The molecule has 24 heavy (non-hydrogen) atoms. The number of hydrogen-bond acceptors (Lipinski definition) is 5. The number of carbonyl (C=O) groups excluding carboxylic acids is 1. The molecule has 1 amide bonds. The summed E-state index contributed by atoms with van der Waals surface area (Å²) in [4.78, 5) is 12.9. The van der Waals surface area contributed by atoms with Crippen molar-refractivity contribution in [1.82, 2.24) is 0 Å². The fourth-order valence-corrected chi connectivity index (χ4v) is 3.15. The maximum atomic E-state index is 12.0. The quantitative estimate of drug-likeness (QED) is 0.734. The summed E-state index contributed by atoms with van der Waals surface area (Å²) in [5.41, 5.74) is 0.388. The molecule has 0 radical (unpaired) electrons. The minimum absolute atomic E-state index is 0.0422. The van der Waals surface area contributed by atoms with Gasteiger partial charge in [0.25, 0.3) is 0 Å². The summed E-state index contributed by atoms with van der Waals surface area (Å²) in [5.74, 6) is 0.750. The summed E-state index contributed by atoms with van der Waals surface area (Å²) in [7, 11) is -3.79. The number of primary sulfonamides is 1. The van der Waals surface area contributed by atoms with Crippen molar-refractivity contribution in [3.05, 3.63) is 48.5 Å². The van der Waals surface area contributed by atoms with Crippen molar-refractivity contribution >= 4 is 33.4 Å². The molecule has 3 N–H and O–H groups in total. The van der Waals surface area contributed by atoms with Crippen LogP contribution in [0.1, 0.15) is 6.92 Å². The number of anilines is 1. The molecule has 0 saturated heterocycles. The van der Waals surface area contributed by atoms with Gasteiger partial charge in [0.2, 0.25) is 15.9 Å². The number of hydrogen-bond donors (Lipinski definition) is 2. The van der Waals surface area contributed by atoms with E-state index in [0.717, 1.165) is 10.6 Å². The molecular weight excluding hydrogens is 348 g/mol. The second-order valence-electron chi connectivity index (χ2n) is 4.81. The van der Waals surface area contributed by atoms with Crippen LogP contribution in [0.2, 0.25) is 0 Å². The molecular formula is C16H18N2O4S2. The van der Waals surface area contributed by atoms with Crippen LogP contribution in [0.4, 0.5) is 5.69 Å². The zero-order chi connectivity index (χ0) is 17.6. The van der Waals surface area contributed by atoms with E-state index in [9.17, 15) is 13.2 Å². The summed E-state index contributed by atoms with van der Waals surface area (Å²) in [6, 6.07) is 13.3. The van der Waals surface area contributed by atoms with Crippen molar-refractivity contribution in [3.63, 3.8) is 0 Å². The maximum absolute atomic E-state index is 12.0. The van der Waals surface area contributed by atoms with Crippen molar-refractivity contribution in [3.8, 4) is 5.75 Å². The van der Waals surface area contributed by atoms with Crippen LogP contribution < -0.4 is 15.2 Å². The molecule has 0 aliphatic heterocycles. The molecule has 0 aliphatic rings. The Hall–Kier alpha value is -2.03. The molecule has 128 valence electrons. The Morgan fingerprint density at radius 2 is 1.92 bits per heavy atom. The Kier molecular flexibility index (Phi) is 6.24. The van der Waals surface area contributed by atoms with E-state index in [1.54, 1.807) is 6.07 Å². The van der Waals surface area contributed by atoms with Gasteiger partial charge in [0, 0.05) is 10.6 Å². The minimum atomic E-state index is -3.79. The van der Waals surface area contributed by atoms with Crippen molar-refractivity contribution in [2.75, 3.05) is 17.7 Å². The van der Waals surface area contributed by atoms with Crippen LogP contribution in [0.3, 0.4) is 0 Å². The highest BCUT2D eigenvalue weighted by Crippen LogP contribution is 2.22. The predicted octanol–water partition coefficient (Wildman–Crippen LogP) is 2.46. The van der Waals surface area contributed by atoms with Crippen LogP contribution in [0.25, 0.3) is 0 Å². The SMILES string of the molecule is CCOc1ccc(SCC(=O)Nc2cccc(S(N)(=O)=O)c2)cc1. The molecule has 2 aromatic carbocycles. The van der Waals surface area contributed by atoms with Crippen molar-refractivity contribution in [2.45, 2.75) is 16.7 Å². The Morgan fingerprint density at radius 3 is 2.54 bits per heavy atom. The molecule has 8 heteroatoms. The number of benzene rings is 2. The van der Waals surface area contributed by atoms with Gasteiger partial charge in [-0.25, -0.2) is 13.6 Å². The average molecular weight is 366 g/mol. The van der Waals surface area contributed by atoms with Crippen LogP contribution in [0.15, 0.2) is 58.3 Å². The largest absolute Gasteiger partial charge is 0.494 e. The van der Waals surface area contributed by atoms with E-state index < -0.39 is 10.0 Å². The molecule has 0 unspecified atom stereocenters. The zero-order valence-electron chi connectivity index (χ0n) is 13.1. The number of thioether (sulfide) groups is 1. The molecule has 2 aromatic rings. The monoisotopic (exact) mass is 366 g/mol. The second-order valence-corrected chi connectivity index (χ2v) is 7.42. The van der Waals surface area contributed by atoms with Crippen molar-refractivity contribution < 1.29 is 17.9 Å². The fourth-order valence-electron chi connectivity index (χ4n) is 1.90. The van der Waals surface area contributed by atoms with E-state index in [1.165, 1.54) is 30.0 Å². The van der Waals surface area contributed by atoms with Crippen LogP contribution in [-0.4, -0.2) is 26.7 Å². The Bertz CT molecular complexity index is 805. The summed E-state index contributed by atoms with van der Waals surface area (Å²) in [5, 5.41) is 7.72. The lowest BCUT2D eigenvalue weighted by molar-refractivity contribution is -0.113. The number of nitrogens with one attached hydrogen (secondary N) is 1. The Labute approximate surface area is 145 Å². The van der Waals surface area contributed by atoms with E-state index in [2.05, 4.69) is 5.32 Å². The van der Waals surface area contributed by atoms with Gasteiger partial charge in [-0.3, -0.25) is 4.79 Å². The first-order valence-electron chi connectivity index (χ1n) is 7.17. The molecule has 0 saturated carbocycles. The van der Waals surface area contributed by atoms with Crippen molar-refractivity contribution in [1.29, 1.82) is 0 Å². The number of nitrogens with two attached hydrogens (primary N) is 1. The van der Waals surface area contributed by atoms with Gasteiger partial charge in [-0.2, -0.15) is 0 Å². The highest BCUT2D eigenvalue weighted by molar-refractivity contribution is 8.00. The molecule has 0 bridgehead atoms. The summed E-state index contributed by atoms with van der Waals surface area (Å²) < 4.78 is 28.0. The minimum Gasteiger partial charge on any atom is -0.494 e. The number of carbonyl (C=O) groups is 1. The molecule has 0 heterocycles. The molecule has 0 aromatic heterocycles. The van der Waals surface area contributed by atoms with Gasteiger partial charge in [0.15, 0.2) is 0 Å². The molecule has 0 spiro atoms. The topological polar surface area (TPSA) is 98.5 Å². The molecule has 6 nitrogen and oxygen atoms in total. The van der Waals surface area contributed by atoms with Gasteiger partial charge in [0.1, 0.15) is 5.75 Å². The Morgan fingerprint density at radius 1 is 1.21 bits per heavy atom. The van der Waals surface area contributed by atoms with Gasteiger partial charge in [-0.1, -0.05) is 6.07 Å². The van der Waals surface area contributed by atoms with E-state index in [-0.39, 0.29) is 16.6 Å². The maximum Gasteiger partial charge on any atom is 0.238 e. The van der Waals surface area contributed by atoms with Gasteiger partial charge in [0.05, 0.1) is 17.3 Å². The predicted molar refractivity (Wildman–Crippen MR) is 94.8 cm³/mol. The lowest BCUT2D eigenvalue weighted by Crippen LogP contribution is -2.16. The standard InChI is InChI=1S/C16H18N2O4S2/c1-2-22-13-6-8-14(9-7-13)23-11-16(19)18-12-4-3-5-15(10-12)24(17,20)21/h3-10H,2,11H2,1H3,(H,18,19)(H2,17,20,21). The molecule has 0 aliphatic carbocycles. The Balaban J connectivity index is 1.91. The number of sulfonamides is 1. The van der Waals surface area contributed by atoms with Gasteiger partial charge < -0.3 is 10.1 Å². The number of rotatable bonds is 7. The summed E-state index contributed by atoms with van der Waals surface area (Å²) in [6.07, 6.45) is 0. The highest BCUT2D eigenvalue weighted by atomic mass is 32.2. The number of amides is 1. The molecule has 0 atom stereocenters. The van der Waals surface area contributed by atoms with E-state index >= 15 is 0 Å². The first-order valence-corrected chi connectivity index (χ1v) is 9.70.